The van der Waals surface area contributed by atoms with Gasteiger partial charge in [0.15, 0.2) is 10.9 Å². The van der Waals surface area contributed by atoms with E-state index in [1.54, 1.807) is 28.8 Å². The number of nitrogens with one attached hydrogen (secondary N) is 1. The Bertz CT molecular complexity index is 755. The summed E-state index contributed by atoms with van der Waals surface area (Å²) in [7, 11) is 0. The van der Waals surface area contributed by atoms with Crippen LogP contribution >= 0.6 is 11.8 Å². The second-order valence-electron chi connectivity index (χ2n) is 5.89. The lowest BCUT2D eigenvalue weighted by Crippen LogP contribution is -2.21. The Morgan fingerprint density at radius 1 is 1.35 bits per heavy atom. The van der Waals surface area contributed by atoms with E-state index in [1.807, 2.05) is 6.92 Å². The summed E-state index contributed by atoms with van der Waals surface area (Å²) in [5, 5.41) is 17.1. The first-order valence-corrected chi connectivity index (χ1v) is 9.75. The molecule has 0 aliphatic carbocycles. The molecular formula is C18H25N3O4S. The smallest absolute Gasteiger partial charge is 0.343 e. The van der Waals surface area contributed by atoms with Gasteiger partial charge in [0.05, 0.1) is 6.10 Å². The van der Waals surface area contributed by atoms with E-state index in [2.05, 4.69) is 17.1 Å². The molecule has 26 heavy (non-hydrogen) atoms. The molecule has 0 radical (unpaired) electrons. The molecule has 0 amide bonds. The molecule has 0 aliphatic rings. The molecule has 1 unspecified atom stereocenters. The Kier molecular flexibility index (Phi) is 7.93. The number of nitrogens with zero attached hydrogens (tertiary/aromatic N) is 2. The number of unbranched alkanes of at least 4 members (excludes halogenated alkanes) is 1. The molecule has 1 heterocycles. The summed E-state index contributed by atoms with van der Waals surface area (Å²) < 4.78 is 7.14. The second-order valence-corrected chi connectivity index (χ2v) is 6.88. The Balaban J connectivity index is 1.81. The maximum Gasteiger partial charge on any atom is 0.343 e. The Morgan fingerprint density at radius 3 is 2.73 bits per heavy atom. The molecule has 7 nitrogen and oxygen atoms in total. The number of H-pyrrole nitrogens is 1. The number of benzene rings is 1. The lowest BCUT2D eigenvalue weighted by atomic mass is 10.1. The molecule has 0 fully saturated rings. The van der Waals surface area contributed by atoms with Crippen LogP contribution in [0, 0.1) is 0 Å². The zero-order valence-electron chi connectivity index (χ0n) is 15.1. The summed E-state index contributed by atoms with van der Waals surface area (Å²) in [6, 6.07) is 6.88. The summed E-state index contributed by atoms with van der Waals surface area (Å²) in [5.74, 6) is 1.05. The summed E-state index contributed by atoms with van der Waals surface area (Å²) in [6.07, 6.45) is 1.64. The highest BCUT2D eigenvalue weighted by Crippen LogP contribution is 2.17. The molecule has 0 saturated heterocycles. The molecule has 1 atom stereocenters. The first kappa shape index (κ1) is 20.3. The van der Waals surface area contributed by atoms with Crippen LogP contribution in [0.5, 0.6) is 5.75 Å². The number of Topliss-reactive ketones (excluding diaryl/α,β-unsaturated/α-hetero) is 1. The SMILES string of the molecule is CCCCn1c(SCC(O)COc2ccc(C(=O)CC)cc2)n[nH]c1=O. The second kappa shape index (κ2) is 10.2. The van der Waals surface area contributed by atoms with E-state index in [1.165, 1.54) is 11.8 Å². The number of rotatable bonds is 11. The average molecular weight is 379 g/mol. The number of hydrogen-bond acceptors (Lipinski definition) is 6. The van der Waals surface area contributed by atoms with Gasteiger partial charge >= 0.3 is 5.69 Å². The van der Waals surface area contributed by atoms with Crippen molar-refractivity contribution in [3.05, 3.63) is 40.3 Å². The molecular weight excluding hydrogens is 354 g/mol. The maximum atomic E-state index is 11.7. The van der Waals surface area contributed by atoms with E-state index in [-0.39, 0.29) is 18.1 Å². The van der Waals surface area contributed by atoms with Crippen LogP contribution in [-0.2, 0) is 6.54 Å². The largest absolute Gasteiger partial charge is 0.491 e. The van der Waals surface area contributed by atoms with Crippen LogP contribution in [0.2, 0.25) is 0 Å². The molecule has 8 heteroatoms. The number of thioether (sulfide) groups is 1. The molecule has 2 N–H and O–H groups in total. The number of aromatic nitrogens is 3. The lowest BCUT2D eigenvalue weighted by Gasteiger charge is -2.12. The van der Waals surface area contributed by atoms with Crippen LogP contribution in [0.15, 0.2) is 34.2 Å². The van der Waals surface area contributed by atoms with E-state index < -0.39 is 6.10 Å². The van der Waals surface area contributed by atoms with Crippen molar-refractivity contribution in [1.29, 1.82) is 0 Å². The van der Waals surface area contributed by atoms with Crippen molar-refractivity contribution in [2.24, 2.45) is 0 Å². The molecule has 1 aromatic carbocycles. The molecule has 142 valence electrons. The number of aromatic amines is 1. The van der Waals surface area contributed by atoms with Crippen LogP contribution in [-0.4, -0.2) is 44.1 Å². The van der Waals surface area contributed by atoms with Gasteiger partial charge in [-0.15, -0.1) is 5.10 Å². The highest BCUT2D eigenvalue weighted by atomic mass is 32.2. The fraction of sp³-hybridized carbons (Fsp3) is 0.500. The first-order valence-electron chi connectivity index (χ1n) is 8.77. The monoisotopic (exact) mass is 379 g/mol. The summed E-state index contributed by atoms with van der Waals surface area (Å²) >= 11 is 1.32. The highest BCUT2D eigenvalue weighted by molar-refractivity contribution is 7.99. The molecule has 1 aromatic heterocycles. The van der Waals surface area contributed by atoms with Crippen molar-refractivity contribution in [1.82, 2.24) is 14.8 Å². The molecule has 0 saturated carbocycles. The number of ketones is 1. The summed E-state index contributed by atoms with van der Waals surface area (Å²) in [6.45, 7) is 4.62. The Hall–Kier alpha value is -2.06. The number of aliphatic hydroxyl groups is 1. The zero-order valence-corrected chi connectivity index (χ0v) is 15.9. The minimum atomic E-state index is -0.705. The van der Waals surface area contributed by atoms with Gasteiger partial charge in [0.1, 0.15) is 12.4 Å². The topological polar surface area (TPSA) is 97.2 Å². The lowest BCUT2D eigenvalue weighted by molar-refractivity contribution is 0.0987. The maximum absolute atomic E-state index is 11.7. The summed E-state index contributed by atoms with van der Waals surface area (Å²) in [5.41, 5.74) is 0.424. The van der Waals surface area contributed by atoms with Crippen LogP contribution < -0.4 is 10.4 Å². The molecule has 2 rings (SSSR count). The molecule has 0 aliphatic heterocycles. The van der Waals surface area contributed by atoms with E-state index in [4.69, 9.17) is 4.74 Å². The number of carbonyl (C=O) groups excluding carboxylic acids is 1. The third kappa shape index (κ3) is 5.74. The first-order chi connectivity index (χ1) is 12.5. The van der Waals surface area contributed by atoms with Gasteiger partial charge in [-0.2, -0.15) is 0 Å². The van der Waals surface area contributed by atoms with E-state index >= 15 is 0 Å². The van der Waals surface area contributed by atoms with Gasteiger partial charge in [-0.05, 0) is 30.7 Å². The molecule has 2 aromatic rings. The van der Waals surface area contributed by atoms with Crippen molar-refractivity contribution >= 4 is 17.5 Å². The van der Waals surface area contributed by atoms with Crippen LogP contribution in [0.1, 0.15) is 43.5 Å². The van der Waals surface area contributed by atoms with Crippen LogP contribution in [0.25, 0.3) is 0 Å². The van der Waals surface area contributed by atoms with E-state index in [9.17, 15) is 14.7 Å². The highest BCUT2D eigenvalue weighted by Gasteiger charge is 2.12. The zero-order chi connectivity index (χ0) is 18.9. The summed E-state index contributed by atoms with van der Waals surface area (Å²) in [4.78, 5) is 23.3. The van der Waals surface area contributed by atoms with Crippen molar-refractivity contribution in [2.45, 2.75) is 50.9 Å². The third-order valence-corrected chi connectivity index (χ3v) is 4.92. The van der Waals surface area contributed by atoms with E-state index in [0.717, 1.165) is 12.8 Å². The van der Waals surface area contributed by atoms with E-state index in [0.29, 0.717) is 35.2 Å². The quantitative estimate of drug-likeness (QED) is 0.460. The van der Waals surface area contributed by atoms with Gasteiger partial charge in [-0.25, -0.2) is 9.89 Å². The average Bonchev–Trinajstić information content (AvgIpc) is 3.02. The van der Waals surface area contributed by atoms with Crippen molar-refractivity contribution in [3.8, 4) is 5.75 Å². The Labute approximate surface area is 156 Å². The standard InChI is InChI=1S/C18H25N3O4S/c1-3-5-10-21-17(24)19-20-18(21)26-12-14(22)11-25-15-8-6-13(7-9-15)16(23)4-2/h6-9,14,22H,3-5,10-12H2,1-2H3,(H,19,24). The predicted molar refractivity (Wildman–Crippen MR) is 101 cm³/mol. The molecule has 0 spiro atoms. The molecule has 0 bridgehead atoms. The Morgan fingerprint density at radius 2 is 2.08 bits per heavy atom. The normalized spacial score (nSPS) is 12.1. The van der Waals surface area contributed by atoms with Crippen molar-refractivity contribution < 1.29 is 14.6 Å². The van der Waals surface area contributed by atoms with Crippen LogP contribution in [0.3, 0.4) is 0 Å². The number of aliphatic hydroxyl groups excluding tert-OH is 1. The minimum Gasteiger partial charge on any atom is -0.491 e. The predicted octanol–water partition coefficient (Wildman–Crippen LogP) is 2.50. The number of ether oxygens (including phenoxy) is 1. The van der Waals surface area contributed by atoms with Crippen molar-refractivity contribution in [3.63, 3.8) is 0 Å². The van der Waals surface area contributed by atoms with Crippen LogP contribution in [0.4, 0.5) is 0 Å². The van der Waals surface area contributed by atoms with Crippen molar-refractivity contribution in [2.75, 3.05) is 12.4 Å². The fourth-order valence-electron chi connectivity index (χ4n) is 2.28. The van der Waals surface area contributed by atoms with Gasteiger partial charge < -0.3 is 9.84 Å². The third-order valence-electron chi connectivity index (χ3n) is 3.80. The van der Waals surface area contributed by atoms with Gasteiger partial charge in [-0.3, -0.25) is 9.36 Å². The fourth-order valence-corrected chi connectivity index (χ4v) is 3.16. The minimum absolute atomic E-state index is 0.0844. The van der Waals surface area contributed by atoms with Gasteiger partial charge in [-0.1, -0.05) is 32.0 Å². The van der Waals surface area contributed by atoms with Gasteiger partial charge in [0.2, 0.25) is 0 Å². The number of carbonyl (C=O) groups is 1. The van der Waals surface area contributed by atoms with Gasteiger partial charge in [0, 0.05) is 24.3 Å². The number of hydrogen-bond donors (Lipinski definition) is 2. The van der Waals surface area contributed by atoms with Gasteiger partial charge in [0.25, 0.3) is 0 Å².